The van der Waals surface area contributed by atoms with Crippen molar-refractivity contribution in [1.82, 2.24) is 47.4 Å². The molecular weight excluding hydrogens is 961 g/mol. The van der Waals surface area contributed by atoms with E-state index in [1.165, 1.54) is 0 Å². The summed E-state index contributed by atoms with van der Waals surface area (Å²) in [6.07, 6.45) is -1.73. The second-order valence-electron chi connectivity index (χ2n) is 20.9. The Hall–Kier alpha value is -5.01. The van der Waals surface area contributed by atoms with Gasteiger partial charge in [-0.3, -0.25) is 43.7 Å². The predicted molar refractivity (Wildman–Crippen MR) is 276 cm³/mol. The highest BCUT2D eigenvalue weighted by Gasteiger charge is 2.46. The molecule has 24 heteroatoms. The van der Waals surface area contributed by atoms with E-state index in [-0.39, 0.29) is 57.7 Å². The minimum atomic E-state index is -1.55. The molecule has 2 heterocycles. The second kappa shape index (κ2) is 31.8. The molecule has 0 aromatic rings. The number of aliphatic hydroxyl groups is 2. The van der Waals surface area contributed by atoms with Gasteiger partial charge in [-0.25, -0.2) is 4.79 Å². The molecule has 0 radical (unpaired) electrons. The SMILES string of the molecule is CCC(C)C1CC(=O)NC(CCN)C(=O)N[C@@H]([C@H](C)CC)C(=O)NC(CCN)C(=O)NC(C(C)CC)C(O)NC(CC(C)C)C(=O)NC(CCN)C(=O)NC(C(C)C)C(=O)NC2CC(C)N(C2=O)C(CO)C(=O)O1. The van der Waals surface area contributed by atoms with Gasteiger partial charge < -0.3 is 74.3 Å². The zero-order valence-corrected chi connectivity index (χ0v) is 45.7. The molecule has 16 N–H and O–H groups in total. The minimum absolute atomic E-state index is 0.0201. The number of amides is 8. The van der Waals surface area contributed by atoms with Crippen LogP contribution in [0.25, 0.3) is 0 Å². The van der Waals surface area contributed by atoms with Crippen molar-refractivity contribution in [3.05, 3.63) is 0 Å². The number of esters is 1. The van der Waals surface area contributed by atoms with E-state index in [9.17, 15) is 53.4 Å². The Labute approximate surface area is 437 Å². The Morgan fingerprint density at radius 2 is 1.08 bits per heavy atom. The third kappa shape index (κ3) is 19.0. The summed E-state index contributed by atoms with van der Waals surface area (Å²) in [5.41, 5.74) is 17.8. The van der Waals surface area contributed by atoms with Crippen molar-refractivity contribution in [2.24, 2.45) is 46.8 Å². The van der Waals surface area contributed by atoms with Crippen LogP contribution in [0.15, 0.2) is 0 Å². The molecule has 2 fully saturated rings. The fourth-order valence-electron chi connectivity index (χ4n) is 9.03. The minimum Gasteiger partial charge on any atom is -0.460 e. The molecule has 424 valence electrons. The normalized spacial score (nSPS) is 30.7. The second-order valence-corrected chi connectivity index (χ2v) is 20.9. The predicted octanol–water partition coefficient (Wildman–Crippen LogP) is -2.16. The fraction of sp³-hybridized carbons (Fsp3) is 0.820. The summed E-state index contributed by atoms with van der Waals surface area (Å²) in [5, 5.41) is 44.4. The zero-order valence-electron chi connectivity index (χ0n) is 45.7. The smallest absolute Gasteiger partial charge is 0.331 e. The first-order valence-electron chi connectivity index (χ1n) is 26.6. The molecule has 74 heavy (non-hydrogen) atoms. The highest BCUT2D eigenvalue weighted by atomic mass is 16.5. The van der Waals surface area contributed by atoms with Gasteiger partial charge in [-0.1, -0.05) is 88.5 Å². The van der Waals surface area contributed by atoms with Gasteiger partial charge in [0.25, 0.3) is 0 Å². The van der Waals surface area contributed by atoms with E-state index in [0.717, 1.165) is 4.90 Å². The Balaban J connectivity index is 2.76. The monoisotopic (exact) mass is 1050 g/mol. The molecule has 0 aromatic carbocycles. The lowest BCUT2D eigenvalue weighted by Crippen LogP contribution is -2.63. The van der Waals surface area contributed by atoms with Gasteiger partial charge in [0, 0.05) is 6.04 Å². The van der Waals surface area contributed by atoms with Crippen LogP contribution in [0.1, 0.15) is 134 Å². The zero-order chi connectivity index (χ0) is 56.1. The molecular formula is C50H92N12O12. The van der Waals surface area contributed by atoms with Crippen molar-refractivity contribution in [2.45, 2.75) is 207 Å². The third-order valence-corrected chi connectivity index (χ3v) is 14.3. The van der Waals surface area contributed by atoms with Gasteiger partial charge in [-0.15, -0.1) is 0 Å². The summed E-state index contributed by atoms with van der Waals surface area (Å²) in [5.74, 6) is -8.73. The molecule has 2 aliphatic heterocycles. The number of fused-ring (bicyclic) bond motifs is 2. The van der Waals surface area contributed by atoms with Crippen LogP contribution in [-0.4, -0.2) is 167 Å². The molecule has 2 aliphatic rings. The molecule has 2 rings (SSSR count). The van der Waals surface area contributed by atoms with Gasteiger partial charge in [0.15, 0.2) is 6.04 Å². The molecule has 0 spiro atoms. The number of hydrogen-bond donors (Lipinski definition) is 13. The van der Waals surface area contributed by atoms with Gasteiger partial charge in [-0.05, 0) is 88.3 Å². The largest absolute Gasteiger partial charge is 0.460 e. The number of nitrogens with zero attached hydrogens (tertiary/aromatic N) is 1. The molecule has 15 atom stereocenters. The Kier molecular flexibility index (Phi) is 28.0. The van der Waals surface area contributed by atoms with Crippen LogP contribution in [0.5, 0.6) is 0 Å². The molecule has 13 unspecified atom stereocenters. The van der Waals surface area contributed by atoms with Gasteiger partial charge in [0.05, 0.1) is 25.1 Å². The number of aliphatic hydroxyl groups excluding tert-OH is 2. The van der Waals surface area contributed by atoms with Gasteiger partial charge in [0.1, 0.15) is 48.6 Å². The van der Waals surface area contributed by atoms with Crippen LogP contribution in [-0.2, 0) is 47.9 Å². The lowest BCUT2D eigenvalue weighted by atomic mass is 9.95. The topological polar surface area (TPSA) is 381 Å². The fourth-order valence-corrected chi connectivity index (χ4v) is 9.03. The van der Waals surface area contributed by atoms with E-state index in [4.69, 9.17) is 21.9 Å². The maximum Gasteiger partial charge on any atom is 0.331 e. The first-order valence-corrected chi connectivity index (χ1v) is 26.6. The standard InChI is InChI=1S/C50H92N12O12/c1-12-27(8)37-23-38(64)54-31(15-18-51)42(65)60-40(28(9)13-2)47(70)56-33(17-20-53)44(67)61-41(29(10)14-3)48(71)57-34(21-25(4)5)45(68)55-32(16-19-52)43(66)59-39(26(6)7)46(69)58-35-22-30(11)62(49(35)72)36(24-63)50(73)74-37/h25-37,39-41,48,57,63,71H,12-24,51-53H2,1-11H3,(H,54,64)(H,55,68)(H,56,70)(H,58,69)(H,59,66)(H,60,65)(H,61,67)/t27?,28-,29?,30?,31?,32?,33?,34?,35?,36?,37?,39?,40+,41?,48?/m1/s1. The third-order valence-electron chi connectivity index (χ3n) is 14.3. The first kappa shape index (κ1) is 65.1. The molecule has 2 saturated heterocycles. The number of cyclic esters (lactones) is 1. The Morgan fingerprint density at radius 1 is 0.608 bits per heavy atom. The van der Waals surface area contributed by atoms with Crippen LogP contribution in [0.4, 0.5) is 0 Å². The number of ether oxygens (including phenoxy) is 1. The summed E-state index contributed by atoms with van der Waals surface area (Å²) in [6, 6.07) is -11.8. The van der Waals surface area contributed by atoms with E-state index in [1.807, 2.05) is 27.7 Å². The number of nitrogens with one attached hydrogen (secondary N) is 8. The van der Waals surface area contributed by atoms with Crippen LogP contribution in [0.2, 0.25) is 0 Å². The quantitative estimate of drug-likeness (QED) is 0.0733. The Morgan fingerprint density at radius 3 is 1.57 bits per heavy atom. The number of carbonyl (C=O) groups excluding carboxylic acids is 9. The molecule has 0 saturated carbocycles. The van der Waals surface area contributed by atoms with Crippen molar-refractivity contribution in [3.63, 3.8) is 0 Å². The van der Waals surface area contributed by atoms with E-state index in [2.05, 4.69) is 42.5 Å². The van der Waals surface area contributed by atoms with Crippen LogP contribution < -0.4 is 59.7 Å². The number of carbonyl (C=O) groups is 9. The van der Waals surface area contributed by atoms with Gasteiger partial charge >= 0.3 is 5.97 Å². The first-order chi connectivity index (χ1) is 34.8. The lowest BCUT2D eigenvalue weighted by molar-refractivity contribution is -0.165. The van der Waals surface area contributed by atoms with E-state index in [0.29, 0.717) is 19.3 Å². The lowest BCUT2D eigenvalue weighted by Gasteiger charge is -2.34. The summed E-state index contributed by atoms with van der Waals surface area (Å²) in [6.45, 7) is 18.4. The highest BCUT2D eigenvalue weighted by Crippen LogP contribution is 2.25. The van der Waals surface area contributed by atoms with Crippen molar-refractivity contribution in [3.8, 4) is 0 Å². The molecule has 0 aliphatic carbocycles. The van der Waals surface area contributed by atoms with Crippen molar-refractivity contribution in [1.29, 1.82) is 0 Å². The van der Waals surface area contributed by atoms with E-state index < -0.39 is 163 Å². The number of nitrogens with two attached hydrogens (primary N) is 3. The summed E-state index contributed by atoms with van der Waals surface area (Å²) in [7, 11) is 0. The number of rotatable bonds is 16. The summed E-state index contributed by atoms with van der Waals surface area (Å²) < 4.78 is 5.88. The van der Waals surface area contributed by atoms with E-state index in [1.54, 1.807) is 48.5 Å². The number of hydrogen-bond acceptors (Lipinski definition) is 16. The maximum atomic E-state index is 14.2. The maximum absolute atomic E-state index is 14.2. The van der Waals surface area contributed by atoms with Crippen LogP contribution in [0.3, 0.4) is 0 Å². The molecule has 0 aromatic heterocycles. The summed E-state index contributed by atoms with van der Waals surface area (Å²) in [4.78, 5) is 127. The van der Waals surface area contributed by atoms with Gasteiger partial charge in [0.2, 0.25) is 47.3 Å². The average molecular weight is 1050 g/mol. The highest BCUT2D eigenvalue weighted by molar-refractivity contribution is 5.97. The molecule has 8 amide bonds. The van der Waals surface area contributed by atoms with Crippen molar-refractivity contribution < 1.29 is 58.1 Å². The van der Waals surface area contributed by atoms with Crippen molar-refractivity contribution >= 4 is 53.2 Å². The van der Waals surface area contributed by atoms with Crippen LogP contribution in [0, 0.1) is 29.6 Å². The van der Waals surface area contributed by atoms with Crippen LogP contribution >= 0.6 is 0 Å². The van der Waals surface area contributed by atoms with E-state index >= 15 is 0 Å². The van der Waals surface area contributed by atoms with Gasteiger partial charge in [-0.2, -0.15) is 0 Å². The molecule has 2 bridgehead atoms. The molecule has 24 nitrogen and oxygen atoms in total. The average Bonchev–Trinajstić information content (AvgIpc) is 3.61. The summed E-state index contributed by atoms with van der Waals surface area (Å²) >= 11 is 0. The Bertz CT molecular complexity index is 1880. The van der Waals surface area contributed by atoms with Crippen molar-refractivity contribution in [2.75, 3.05) is 26.2 Å².